The number of aromatic nitrogens is 4. The van der Waals surface area contributed by atoms with E-state index in [0.29, 0.717) is 5.82 Å². The summed E-state index contributed by atoms with van der Waals surface area (Å²) in [5.41, 5.74) is 2.59. The number of carbonyl (C=O) groups is 1. The third kappa shape index (κ3) is 3.68. The van der Waals surface area contributed by atoms with Gasteiger partial charge in [-0.15, -0.1) is 0 Å². The molecule has 0 aliphatic heterocycles. The number of anilines is 1. The molecule has 3 heterocycles. The van der Waals surface area contributed by atoms with Crippen LogP contribution < -0.4 is 5.32 Å². The third-order valence-corrected chi connectivity index (χ3v) is 3.22. The van der Waals surface area contributed by atoms with Crippen LogP contribution in [0.2, 0.25) is 0 Å². The lowest BCUT2D eigenvalue weighted by atomic mass is 10.2. The van der Waals surface area contributed by atoms with Crippen LogP contribution in [0, 0.1) is 0 Å². The number of hydrogen-bond donors (Lipinski definition) is 1. The second-order valence-electron chi connectivity index (χ2n) is 4.88. The number of nitrogens with one attached hydrogen (secondary N) is 1. The summed E-state index contributed by atoms with van der Waals surface area (Å²) in [6.07, 6.45) is 9.97. The van der Waals surface area contributed by atoms with Crippen LogP contribution in [0.5, 0.6) is 0 Å². The molecular formula is C17H15N5O. The molecule has 0 radical (unpaired) electrons. The highest BCUT2D eigenvalue weighted by Crippen LogP contribution is 2.20. The summed E-state index contributed by atoms with van der Waals surface area (Å²) in [5, 5.41) is 7.20. The van der Waals surface area contributed by atoms with Crippen LogP contribution in [-0.4, -0.2) is 25.7 Å². The molecule has 0 fully saturated rings. The SMILES string of the molecule is Cn1nc(-c2ccncc2)cc1NC(=O)C=Cc1cccnc1. The summed E-state index contributed by atoms with van der Waals surface area (Å²) in [5.74, 6) is 0.399. The molecule has 6 heteroatoms. The minimum Gasteiger partial charge on any atom is -0.307 e. The zero-order valence-electron chi connectivity index (χ0n) is 12.5. The predicted molar refractivity (Wildman–Crippen MR) is 88.3 cm³/mol. The van der Waals surface area contributed by atoms with Crippen molar-refractivity contribution >= 4 is 17.8 Å². The average Bonchev–Trinajstić information content (AvgIpc) is 2.95. The Balaban J connectivity index is 1.72. The molecule has 3 rings (SSSR count). The lowest BCUT2D eigenvalue weighted by Crippen LogP contribution is -2.11. The van der Waals surface area contributed by atoms with Crippen LogP contribution in [-0.2, 0) is 11.8 Å². The van der Waals surface area contributed by atoms with Gasteiger partial charge >= 0.3 is 0 Å². The number of aryl methyl sites for hydroxylation is 1. The highest BCUT2D eigenvalue weighted by Gasteiger charge is 2.08. The van der Waals surface area contributed by atoms with Crippen molar-refractivity contribution in [3.05, 3.63) is 66.8 Å². The van der Waals surface area contributed by atoms with Gasteiger partial charge in [-0.1, -0.05) is 6.07 Å². The first-order chi connectivity index (χ1) is 11.2. The fraction of sp³-hybridized carbons (Fsp3) is 0.0588. The molecule has 0 saturated heterocycles. The highest BCUT2D eigenvalue weighted by molar-refractivity contribution is 6.01. The minimum atomic E-state index is -0.224. The molecule has 0 spiro atoms. The zero-order valence-corrected chi connectivity index (χ0v) is 12.5. The molecule has 0 saturated carbocycles. The van der Waals surface area contributed by atoms with E-state index in [0.717, 1.165) is 16.8 Å². The number of hydrogen-bond acceptors (Lipinski definition) is 4. The fourth-order valence-electron chi connectivity index (χ4n) is 2.06. The first-order valence-electron chi connectivity index (χ1n) is 7.06. The maximum atomic E-state index is 12.0. The molecule has 0 aliphatic carbocycles. The van der Waals surface area contributed by atoms with Crippen molar-refractivity contribution in [2.75, 3.05) is 5.32 Å². The molecule has 0 aromatic carbocycles. The largest absolute Gasteiger partial charge is 0.307 e. The van der Waals surface area contributed by atoms with Crippen LogP contribution in [0.15, 0.2) is 61.2 Å². The molecule has 3 aromatic heterocycles. The van der Waals surface area contributed by atoms with Gasteiger partial charge in [-0.2, -0.15) is 5.10 Å². The van der Waals surface area contributed by atoms with Crippen molar-refractivity contribution in [2.45, 2.75) is 0 Å². The Morgan fingerprint density at radius 2 is 2.00 bits per heavy atom. The van der Waals surface area contributed by atoms with Crippen LogP contribution in [0.3, 0.4) is 0 Å². The maximum absolute atomic E-state index is 12.0. The van der Waals surface area contributed by atoms with Gasteiger partial charge in [0.2, 0.25) is 5.91 Å². The minimum absolute atomic E-state index is 0.224. The summed E-state index contributed by atoms with van der Waals surface area (Å²) in [6, 6.07) is 9.26. The number of nitrogens with zero attached hydrogens (tertiary/aromatic N) is 4. The molecule has 6 nitrogen and oxygen atoms in total. The van der Waals surface area contributed by atoms with Crippen molar-refractivity contribution in [3.8, 4) is 11.3 Å². The van der Waals surface area contributed by atoms with Crippen LogP contribution in [0.25, 0.3) is 17.3 Å². The normalized spacial score (nSPS) is 10.8. The van der Waals surface area contributed by atoms with Gasteiger partial charge in [-0.05, 0) is 29.8 Å². The Bertz CT molecular complexity index is 825. The molecule has 3 aromatic rings. The molecule has 0 atom stereocenters. The van der Waals surface area contributed by atoms with E-state index in [9.17, 15) is 4.79 Å². The molecular weight excluding hydrogens is 290 g/mol. The van der Waals surface area contributed by atoms with Crippen molar-refractivity contribution in [1.82, 2.24) is 19.7 Å². The number of rotatable bonds is 4. The maximum Gasteiger partial charge on any atom is 0.249 e. The Hall–Kier alpha value is -3.28. The topological polar surface area (TPSA) is 72.7 Å². The number of amides is 1. The smallest absolute Gasteiger partial charge is 0.249 e. The Kier molecular flexibility index (Phi) is 4.24. The van der Waals surface area contributed by atoms with Gasteiger partial charge in [-0.25, -0.2) is 0 Å². The summed E-state index contributed by atoms with van der Waals surface area (Å²) < 4.78 is 1.63. The van der Waals surface area contributed by atoms with Gasteiger partial charge in [0.15, 0.2) is 0 Å². The summed E-state index contributed by atoms with van der Waals surface area (Å²) >= 11 is 0. The van der Waals surface area contributed by atoms with Gasteiger partial charge in [0, 0.05) is 49.5 Å². The Morgan fingerprint density at radius 1 is 1.17 bits per heavy atom. The number of carbonyl (C=O) groups excluding carboxylic acids is 1. The van der Waals surface area contributed by atoms with E-state index in [-0.39, 0.29) is 5.91 Å². The molecule has 1 N–H and O–H groups in total. The van der Waals surface area contributed by atoms with Crippen molar-refractivity contribution < 1.29 is 4.79 Å². The van der Waals surface area contributed by atoms with E-state index in [1.54, 1.807) is 42.6 Å². The Labute approximate surface area is 133 Å². The van der Waals surface area contributed by atoms with E-state index in [2.05, 4.69) is 20.4 Å². The summed E-state index contributed by atoms with van der Waals surface area (Å²) in [4.78, 5) is 20.0. The molecule has 0 aliphatic rings. The first kappa shape index (κ1) is 14.6. The highest BCUT2D eigenvalue weighted by atomic mass is 16.1. The lowest BCUT2D eigenvalue weighted by molar-refractivity contribution is -0.111. The van der Waals surface area contributed by atoms with Crippen molar-refractivity contribution in [3.63, 3.8) is 0 Å². The second kappa shape index (κ2) is 6.65. The molecule has 23 heavy (non-hydrogen) atoms. The Morgan fingerprint density at radius 3 is 2.74 bits per heavy atom. The van der Waals surface area contributed by atoms with Crippen LogP contribution in [0.4, 0.5) is 5.82 Å². The van der Waals surface area contributed by atoms with E-state index in [4.69, 9.17) is 0 Å². The zero-order chi connectivity index (χ0) is 16.1. The van der Waals surface area contributed by atoms with Gasteiger partial charge in [-0.3, -0.25) is 19.4 Å². The second-order valence-corrected chi connectivity index (χ2v) is 4.88. The van der Waals surface area contributed by atoms with Gasteiger partial charge in [0.05, 0.1) is 5.69 Å². The van der Waals surface area contributed by atoms with E-state index in [1.165, 1.54) is 6.08 Å². The number of pyridine rings is 2. The standard InChI is InChI=1S/C17H15N5O/c1-22-16(11-15(21-22)14-6-9-18-10-7-14)20-17(23)5-4-13-3-2-8-19-12-13/h2-12H,1H3,(H,20,23). The van der Waals surface area contributed by atoms with E-state index in [1.807, 2.05) is 30.3 Å². The van der Waals surface area contributed by atoms with Gasteiger partial charge < -0.3 is 5.32 Å². The fourth-order valence-corrected chi connectivity index (χ4v) is 2.06. The lowest BCUT2D eigenvalue weighted by Gasteiger charge is -2.01. The molecule has 0 bridgehead atoms. The predicted octanol–water partition coefficient (Wildman–Crippen LogP) is 2.53. The quantitative estimate of drug-likeness (QED) is 0.752. The average molecular weight is 305 g/mol. The van der Waals surface area contributed by atoms with Crippen molar-refractivity contribution in [2.24, 2.45) is 7.05 Å². The van der Waals surface area contributed by atoms with Crippen molar-refractivity contribution in [1.29, 1.82) is 0 Å². The molecule has 1 amide bonds. The first-order valence-corrected chi connectivity index (χ1v) is 7.06. The summed E-state index contributed by atoms with van der Waals surface area (Å²) in [7, 11) is 1.78. The third-order valence-electron chi connectivity index (χ3n) is 3.22. The van der Waals surface area contributed by atoms with E-state index < -0.39 is 0 Å². The molecule has 0 unspecified atom stereocenters. The van der Waals surface area contributed by atoms with Gasteiger partial charge in [0.25, 0.3) is 0 Å². The molecule has 114 valence electrons. The summed E-state index contributed by atoms with van der Waals surface area (Å²) in [6.45, 7) is 0. The van der Waals surface area contributed by atoms with E-state index >= 15 is 0 Å². The van der Waals surface area contributed by atoms with Crippen LogP contribution in [0.1, 0.15) is 5.56 Å². The van der Waals surface area contributed by atoms with Gasteiger partial charge in [0.1, 0.15) is 5.82 Å². The monoisotopic (exact) mass is 305 g/mol. The van der Waals surface area contributed by atoms with Crippen LogP contribution >= 0.6 is 0 Å².